The molecule has 0 aromatic heterocycles. The normalized spacial score (nSPS) is 29.0. The number of hydrogen-bond acceptors (Lipinski definition) is 4. The topological polar surface area (TPSA) is 53.0 Å². The number of hydrogen-bond donors (Lipinski definition) is 1. The number of aliphatic hydroxyl groups is 1. The van der Waals surface area contributed by atoms with Crippen molar-refractivity contribution in [1.82, 2.24) is 9.80 Å². The van der Waals surface area contributed by atoms with Gasteiger partial charge in [0.2, 0.25) is 5.91 Å². The third-order valence-electron chi connectivity index (χ3n) is 6.46. The maximum Gasteiger partial charge on any atom is 0.237 e. The molecule has 1 amide bonds. The van der Waals surface area contributed by atoms with Crippen LogP contribution in [0.4, 0.5) is 0 Å². The Bertz CT molecular complexity index is 682. The monoisotopic (exact) mass is 388 g/mol. The number of aryl methyl sites for hydroxylation is 2. The molecule has 1 aromatic rings. The highest BCUT2D eigenvalue weighted by Gasteiger charge is 2.36. The van der Waals surface area contributed by atoms with E-state index in [9.17, 15) is 9.90 Å². The summed E-state index contributed by atoms with van der Waals surface area (Å²) in [6.07, 6.45) is 4.96. The van der Waals surface area contributed by atoms with Gasteiger partial charge in [-0.3, -0.25) is 9.69 Å². The molecule has 0 radical (unpaired) electrons. The van der Waals surface area contributed by atoms with E-state index in [-0.39, 0.29) is 12.5 Å². The maximum atomic E-state index is 12.9. The van der Waals surface area contributed by atoms with E-state index in [1.807, 2.05) is 18.2 Å². The predicted octanol–water partition coefficient (Wildman–Crippen LogP) is 3.30. The smallest absolute Gasteiger partial charge is 0.237 e. The number of rotatable bonds is 5. The van der Waals surface area contributed by atoms with Crippen molar-refractivity contribution in [3.63, 3.8) is 0 Å². The first-order valence-electron chi connectivity index (χ1n) is 10.7. The molecule has 5 nitrogen and oxygen atoms in total. The summed E-state index contributed by atoms with van der Waals surface area (Å²) in [6, 6.07) is 6.64. The van der Waals surface area contributed by atoms with Gasteiger partial charge in [0, 0.05) is 18.6 Å². The van der Waals surface area contributed by atoms with E-state index in [0.717, 1.165) is 31.6 Å². The number of likely N-dealkylation sites (tertiary alicyclic amines) is 2. The summed E-state index contributed by atoms with van der Waals surface area (Å²) in [4.78, 5) is 17.1. The first-order chi connectivity index (χ1) is 13.3. The SMILES string of the molecule is Cc1ccc(OCC2(O)CCCN(CC(=O)N3C(C)CCCC3C)C2)cc1C. The van der Waals surface area contributed by atoms with Crippen LogP contribution in [0.5, 0.6) is 5.75 Å². The number of carbonyl (C=O) groups excluding carboxylic acids is 1. The van der Waals surface area contributed by atoms with Crippen molar-refractivity contribution in [2.75, 3.05) is 26.2 Å². The fraction of sp³-hybridized carbons (Fsp3) is 0.696. The molecule has 3 rings (SSSR count). The van der Waals surface area contributed by atoms with Crippen LogP contribution in [0.3, 0.4) is 0 Å². The Hall–Kier alpha value is -1.59. The van der Waals surface area contributed by atoms with Gasteiger partial charge in [0.15, 0.2) is 0 Å². The van der Waals surface area contributed by atoms with Crippen LogP contribution in [0, 0.1) is 13.8 Å². The lowest BCUT2D eigenvalue weighted by Crippen LogP contribution is -2.56. The number of piperidine rings is 2. The van der Waals surface area contributed by atoms with Crippen molar-refractivity contribution in [3.8, 4) is 5.75 Å². The van der Waals surface area contributed by atoms with Crippen molar-refractivity contribution in [2.45, 2.75) is 77.5 Å². The van der Waals surface area contributed by atoms with E-state index in [0.29, 0.717) is 31.6 Å². The molecule has 3 unspecified atom stereocenters. The molecule has 3 atom stereocenters. The Morgan fingerprint density at radius 2 is 1.89 bits per heavy atom. The molecule has 2 aliphatic rings. The van der Waals surface area contributed by atoms with Crippen LogP contribution in [0.2, 0.25) is 0 Å². The molecule has 2 heterocycles. The minimum Gasteiger partial charge on any atom is -0.491 e. The van der Waals surface area contributed by atoms with Gasteiger partial charge in [-0.25, -0.2) is 0 Å². The highest BCUT2D eigenvalue weighted by Crippen LogP contribution is 2.26. The zero-order valence-electron chi connectivity index (χ0n) is 17.9. The number of nitrogens with zero attached hydrogens (tertiary/aromatic N) is 2. The standard InChI is InChI=1S/C23H36N2O3/c1-17-9-10-21(13-18(17)2)28-16-23(27)11-6-12-24(15-23)14-22(26)25-19(3)7-5-8-20(25)4/h9-10,13,19-20,27H,5-8,11-12,14-16H2,1-4H3. The second-order valence-corrected chi connectivity index (χ2v) is 9.00. The molecule has 0 saturated carbocycles. The Morgan fingerprint density at radius 1 is 1.18 bits per heavy atom. The molecule has 2 fully saturated rings. The quantitative estimate of drug-likeness (QED) is 0.841. The number of carbonyl (C=O) groups is 1. The average molecular weight is 389 g/mol. The average Bonchev–Trinajstić information content (AvgIpc) is 2.63. The lowest BCUT2D eigenvalue weighted by atomic mass is 9.93. The van der Waals surface area contributed by atoms with Gasteiger partial charge in [0.25, 0.3) is 0 Å². The van der Waals surface area contributed by atoms with Gasteiger partial charge in [-0.05, 0) is 89.6 Å². The molecular formula is C23H36N2O3. The number of benzene rings is 1. The summed E-state index contributed by atoms with van der Waals surface area (Å²) in [6.45, 7) is 10.4. The van der Waals surface area contributed by atoms with E-state index in [1.165, 1.54) is 17.5 Å². The summed E-state index contributed by atoms with van der Waals surface area (Å²) in [5, 5.41) is 11.1. The van der Waals surface area contributed by atoms with Crippen LogP contribution in [-0.2, 0) is 4.79 Å². The van der Waals surface area contributed by atoms with Crippen molar-refractivity contribution >= 4 is 5.91 Å². The van der Waals surface area contributed by atoms with E-state index >= 15 is 0 Å². The second kappa shape index (κ2) is 8.83. The second-order valence-electron chi connectivity index (χ2n) is 9.00. The van der Waals surface area contributed by atoms with Gasteiger partial charge < -0.3 is 14.7 Å². The fourth-order valence-corrected chi connectivity index (χ4v) is 4.67. The largest absolute Gasteiger partial charge is 0.491 e. The number of β-amino-alcohol motifs (C(OH)–C–C–N with tert-alkyl or cyclic N) is 1. The molecule has 2 saturated heterocycles. The van der Waals surface area contributed by atoms with Crippen molar-refractivity contribution in [1.29, 1.82) is 0 Å². The maximum absolute atomic E-state index is 12.9. The molecule has 28 heavy (non-hydrogen) atoms. The Kier molecular flexibility index (Phi) is 6.66. The Labute approximate surface area is 169 Å². The zero-order chi connectivity index (χ0) is 20.3. The van der Waals surface area contributed by atoms with Gasteiger partial charge in [-0.1, -0.05) is 6.07 Å². The van der Waals surface area contributed by atoms with E-state index in [1.54, 1.807) is 0 Å². The first kappa shape index (κ1) is 21.1. The van der Waals surface area contributed by atoms with Crippen LogP contribution < -0.4 is 4.74 Å². The van der Waals surface area contributed by atoms with Crippen LogP contribution in [-0.4, -0.2) is 64.7 Å². The van der Waals surface area contributed by atoms with E-state index in [2.05, 4.69) is 37.5 Å². The molecule has 5 heteroatoms. The van der Waals surface area contributed by atoms with Crippen LogP contribution in [0.15, 0.2) is 18.2 Å². The van der Waals surface area contributed by atoms with Crippen LogP contribution in [0.25, 0.3) is 0 Å². The summed E-state index contributed by atoms with van der Waals surface area (Å²) < 4.78 is 5.92. The highest BCUT2D eigenvalue weighted by atomic mass is 16.5. The van der Waals surface area contributed by atoms with Crippen molar-refractivity contribution in [3.05, 3.63) is 29.3 Å². The van der Waals surface area contributed by atoms with E-state index in [4.69, 9.17) is 4.74 Å². The Balaban J connectivity index is 1.56. The summed E-state index contributed by atoms with van der Waals surface area (Å²) in [5.41, 5.74) is 1.51. The lowest BCUT2D eigenvalue weighted by molar-refractivity contribution is -0.140. The molecule has 0 spiro atoms. The molecule has 2 aliphatic heterocycles. The fourth-order valence-electron chi connectivity index (χ4n) is 4.67. The summed E-state index contributed by atoms with van der Waals surface area (Å²) in [7, 11) is 0. The van der Waals surface area contributed by atoms with Gasteiger partial charge in [0.1, 0.15) is 18.0 Å². The van der Waals surface area contributed by atoms with Gasteiger partial charge in [-0.15, -0.1) is 0 Å². The molecule has 0 aliphatic carbocycles. The third-order valence-corrected chi connectivity index (χ3v) is 6.46. The third kappa shape index (κ3) is 5.06. The van der Waals surface area contributed by atoms with Crippen LogP contribution >= 0.6 is 0 Å². The van der Waals surface area contributed by atoms with Crippen molar-refractivity contribution < 1.29 is 14.6 Å². The minimum atomic E-state index is -0.906. The Morgan fingerprint density at radius 3 is 2.57 bits per heavy atom. The summed E-state index contributed by atoms with van der Waals surface area (Å²) >= 11 is 0. The molecule has 1 aromatic carbocycles. The molecular weight excluding hydrogens is 352 g/mol. The van der Waals surface area contributed by atoms with Gasteiger partial charge >= 0.3 is 0 Å². The predicted molar refractivity (Wildman–Crippen MR) is 112 cm³/mol. The lowest BCUT2D eigenvalue weighted by Gasteiger charge is -2.42. The number of amides is 1. The first-order valence-corrected chi connectivity index (χ1v) is 10.7. The molecule has 0 bridgehead atoms. The highest BCUT2D eigenvalue weighted by molar-refractivity contribution is 5.79. The number of ether oxygens (including phenoxy) is 1. The van der Waals surface area contributed by atoms with E-state index < -0.39 is 5.60 Å². The molecule has 156 valence electrons. The minimum absolute atomic E-state index is 0.194. The zero-order valence-corrected chi connectivity index (χ0v) is 17.9. The summed E-state index contributed by atoms with van der Waals surface area (Å²) in [5.74, 6) is 0.986. The van der Waals surface area contributed by atoms with Gasteiger partial charge in [0.05, 0.1) is 6.54 Å². The molecule has 1 N–H and O–H groups in total. The van der Waals surface area contributed by atoms with Crippen molar-refractivity contribution in [2.24, 2.45) is 0 Å². The van der Waals surface area contributed by atoms with Gasteiger partial charge in [-0.2, -0.15) is 0 Å². The van der Waals surface area contributed by atoms with Crippen LogP contribution in [0.1, 0.15) is 57.1 Å².